The molecule has 2 amide bonds. The van der Waals surface area contributed by atoms with E-state index in [1.54, 1.807) is 11.6 Å². The minimum Gasteiger partial charge on any atom is -0.396 e. The van der Waals surface area contributed by atoms with E-state index in [1.165, 1.54) is 12.3 Å². The number of primary amides is 1. The number of amides is 2. The molecule has 0 fully saturated rings. The van der Waals surface area contributed by atoms with Gasteiger partial charge in [0.05, 0.1) is 5.56 Å². The Balaban J connectivity index is 2.79. The number of aliphatic hydroxyl groups is 1. The van der Waals surface area contributed by atoms with Crippen LogP contribution in [0.4, 0.5) is 0 Å². The molecule has 0 bridgehead atoms. The van der Waals surface area contributed by atoms with Crippen LogP contribution in [0.3, 0.4) is 0 Å². The van der Waals surface area contributed by atoms with Gasteiger partial charge in [0, 0.05) is 26.4 Å². The van der Waals surface area contributed by atoms with Crippen molar-refractivity contribution in [1.29, 1.82) is 0 Å². The molecule has 0 aliphatic carbocycles. The third-order valence-electron chi connectivity index (χ3n) is 4.29. The van der Waals surface area contributed by atoms with Gasteiger partial charge in [-0.05, 0) is 30.7 Å². The van der Waals surface area contributed by atoms with Crippen LogP contribution < -0.4 is 11.1 Å². The minimum absolute atomic E-state index is 0.0951. The number of nitrogens with one attached hydrogen (secondary N) is 1. The van der Waals surface area contributed by atoms with E-state index < -0.39 is 5.91 Å². The van der Waals surface area contributed by atoms with Crippen molar-refractivity contribution in [2.24, 2.45) is 18.2 Å². The molecule has 1 aromatic rings. The van der Waals surface area contributed by atoms with Crippen LogP contribution in [0.5, 0.6) is 0 Å². The molecule has 0 atom stereocenters. The van der Waals surface area contributed by atoms with Gasteiger partial charge in [0.15, 0.2) is 0 Å². The lowest BCUT2D eigenvalue weighted by molar-refractivity contribution is 0.0899. The van der Waals surface area contributed by atoms with E-state index in [0.717, 1.165) is 12.8 Å². The number of aromatic nitrogens is 1. The van der Waals surface area contributed by atoms with Gasteiger partial charge in [0.1, 0.15) is 5.69 Å². The van der Waals surface area contributed by atoms with Crippen molar-refractivity contribution in [3.63, 3.8) is 0 Å². The van der Waals surface area contributed by atoms with Crippen molar-refractivity contribution >= 4 is 11.8 Å². The van der Waals surface area contributed by atoms with E-state index >= 15 is 0 Å². The van der Waals surface area contributed by atoms with E-state index in [9.17, 15) is 14.7 Å². The fraction of sp³-hybridized carbons (Fsp3) is 0.600. The quantitative estimate of drug-likeness (QED) is 0.668. The number of nitrogens with two attached hydrogens (primary N) is 1. The Bertz CT molecular complexity index is 504. The fourth-order valence-electron chi connectivity index (χ4n) is 2.46. The number of hydrogen-bond acceptors (Lipinski definition) is 3. The number of rotatable bonds is 8. The molecule has 6 nitrogen and oxygen atoms in total. The molecule has 1 aromatic heterocycles. The van der Waals surface area contributed by atoms with Crippen LogP contribution in [-0.2, 0) is 7.05 Å². The number of carbonyl (C=O) groups excluding carboxylic acids is 2. The van der Waals surface area contributed by atoms with Gasteiger partial charge in [-0.2, -0.15) is 0 Å². The van der Waals surface area contributed by atoms with Gasteiger partial charge in [-0.1, -0.05) is 13.8 Å². The van der Waals surface area contributed by atoms with Crippen molar-refractivity contribution in [1.82, 2.24) is 9.88 Å². The average molecular weight is 295 g/mol. The van der Waals surface area contributed by atoms with Crippen molar-refractivity contribution in [3.05, 3.63) is 23.5 Å². The first-order chi connectivity index (χ1) is 9.89. The molecule has 1 heterocycles. The van der Waals surface area contributed by atoms with Crippen LogP contribution in [0.1, 0.15) is 54.0 Å². The monoisotopic (exact) mass is 295 g/mol. The minimum atomic E-state index is -0.554. The van der Waals surface area contributed by atoms with Gasteiger partial charge in [-0.3, -0.25) is 9.59 Å². The molecular weight excluding hydrogens is 270 g/mol. The van der Waals surface area contributed by atoms with Gasteiger partial charge in [0.25, 0.3) is 5.91 Å². The molecule has 118 valence electrons. The highest BCUT2D eigenvalue weighted by Gasteiger charge is 2.26. The van der Waals surface area contributed by atoms with Crippen molar-refractivity contribution in [2.45, 2.75) is 33.1 Å². The predicted molar refractivity (Wildman–Crippen MR) is 81.0 cm³/mol. The molecule has 1 rings (SSSR count). The molecule has 21 heavy (non-hydrogen) atoms. The van der Waals surface area contributed by atoms with Crippen molar-refractivity contribution < 1.29 is 14.7 Å². The van der Waals surface area contributed by atoms with Crippen LogP contribution in [0.15, 0.2) is 12.3 Å². The molecule has 0 aliphatic rings. The van der Waals surface area contributed by atoms with Gasteiger partial charge in [-0.15, -0.1) is 0 Å². The van der Waals surface area contributed by atoms with E-state index in [1.807, 2.05) is 0 Å². The summed E-state index contributed by atoms with van der Waals surface area (Å²) in [6.45, 7) is 4.71. The van der Waals surface area contributed by atoms with E-state index in [4.69, 9.17) is 5.73 Å². The maximum Gasteiger partial charge on any atom is 0.267 e. The molecule has 0 saturated carbocycles. The predicted octanol–water partition coefficient (Wildman–Crippen LogP) is 1.04. The van der Waals surface area contributed by atoms with Crippen LogP contribution in [0, 0.1) is 5.41 Å². The maximum absolute atomic E-state index is 12.2. The summed E-state index contributed by atoms with van der Waals surface area (Å²) in [5.41, 5.74) is 5.83. The Hall–Kier alpha value is -1.82. The second-order valence-electron chi connectivity index (χ2n) is 5.45. The third-order valence-corrected chi connectivity index (χ3v) is 4.29. The largest absolute Gasteiger partial charge is 0.396 e. The molecule has 4 N–H and O–H groups in total. The van der Waals surface area contributed by atoms with E-state index in [0.29, 0.717) is 24.2 Å². The second-order valence-corrected chi connectivity index (χ2v) is 5.45. The second kappa shape index (κ2) is 7.26. The molecule has 0 spiro atoms. The highest BCUT2D eigenvalue weighted by molar-refractivity contribution is 5.98. The fourth-order valence-corrected chi connectivity index (χ4v) is 2.46. The SMILES string of the molecule is CCC(CC)(CCO)CNC(=O)c1cc(C(N)=O)cn1C. The lowest BCUT2D eigenvalue weighted by atomic mass is 9.79. The highest BCUT2D eigenvalue weighted by atomic mass is 16.3. The lowest BCUT2D eigenvalue weighted by Crippen LogP contribution is -2.38. The molecule has 0 aliphatic heterocycles. The molecular formula is C15H25N3O3. The number of aryl methyl sites for hydroxylation is 1. The first-order valence-electron chi connectivity index (χ1n) is 7.24. The summed E-state index contributed by atoms with van der Waals surface area (Å²) >= 11 is 0. The zero-order valence-electron chi connectivity index (χ0n) is 13.0. The smallest absolute Gasteiger partial charge is 0.267 e. The number of carbonyl (C=O) groups is 2. The van der Waals surface area contributed by atoms with Crippen LogP contribution in [0.2, 0.25) is 0 Å². The Morgan fingerprint density at radius 3 is 2.43 bits per heavy atom. The van der Waals surface area contributed by atoms with Crippen LogP contribution >= 0.6 is 0 Å². The summed E-state index contributed by atoms with van der Waals surface area (Å²) in [6.07, 6.45) is 3.95. The standard InChI is InChI=1S/C15H25N3O3/c1-4-15(5-2,6-7-19)10-17-14(21)12-8-11(13(16)20)9-18(12)3/h8-9,19H,4-7,10H2,1-3H3,(H2,16,20)(H,17,21). The summed E-state index contributed by atoms with van der Waals surface area (Å²) in [7, 11) is 1.70. The summed E-state index contributed by atoms with van der Waals surface area (Å²) < 4.78 is 1.58. The molecule has 6 heteroatoms. The number of hydrogen-bond donors (Lipinski definition) is 3. The topological polar surface area (TPSA) is 97.3 Å². The lowest BCUT2D eigenvalue weighted by Gasteiger charge is -2.31. The Kier molecular flexibility index (Phi) is 5.96. The van der Waals surface area contributed by atoms with Crippen LogP contribution in [-0.4, -0.2) is 34.6 Å². The first-order valence-corrected chi connectivity index (χ1v) is 7.24. The molecule has 0 saturated heterocycles. The Morgan fingerprint density at radius 1 is 1.38 bits per heavy atom. The Morgan fingerprint density at radius 2 is 2.00 bits per heavy atom. The van der Waals surface area contributed by atoms with E-state index in [-0.39, 0.29) is 17.9 Å². The van der Waals surface area contributed by atoms with E-state index in [2.05, 4.69) is 19.2 Å². The summed E-state index contributed by atoms with van der Waals surface area (Å²) in [6, 6.07) is 1.49. The van der Waals surface area contributed by atoms with Crippen molar-refractivity contribution in [3.8, 4) is 0 Å². The maximum atomic E-state index is 12.2. The average Bonchev–Trinajstić information content (AvgIpc) is 2.85. The van der Waals surface area contributed by atoms with Gasteiger partial charge < -0.3 is 20.7 Å². The Labute approximate surface area is 125 Å². The number of nitrogens with zero attached hydrogens (tertiary/aromatic N) is 1. The zero-order valence-corrected chi connectivity index (χ0v) is 13.0. The molecule has 0 radical (unpaired) electrons. The van der Waals surface area contributed by atoms with Gasteiger partial charge in [-0.25, -0.2) is 0 Å². The van der Waals surface area contributed by atoms with Gasteiger partial charge in [0.2, 0.25) is 5.91 Å². The normalized spacial score (nSPS) is 11.4. The third kappa shape index (κ3) is 4.07. The summed E-state index contributed by atoms with van der Waals surface area (Å²) in [5.74, 6) is -0.796. The first kappa shape index (κ1) is 17.2. The summed E-state index contributed by atoms with van der Waals surface area (Å²) in [4.78, 5) is 23.4. The van der Waals surface area contributed by atoms with Crippen molar-refractivity contribution in [2.75, 3.05) is 13.2 Å². The molecule has 0 aromatic carbocycles. The summed E-state index contributed by atoms with van der Waals surface area (Å²) in [5, 5.41) is 12.1. The highest BCUT2D eigenvalue weighted by Crippen LogP contribution is 2.29. The molecule has 0 unspecified atom stereocenters. The van der Waals surface area contributed by atoms with Crippen LogP contribution in [0.25, 0.3) is 0 Å². The van der Waals surface area contributed by atoms with Gasteiger partial charge >= 0.3 is 0 Å². The zero-order chi connectivity index (χ0) is 16.0. The number of aliphatic hydroxyl groups excluding tert-OH is 1.